The number of hydrogen-bond acceptors (Lipinski definition) is 3. The maximum Gasteiger partial charge on any atom is 0.335 e. The van der Waals surface area contributed by atoms with Crippen molar-refractivity contribution in [3.63, 3.8) is 0 Å². The van der Waals surface area contributed by atoms with Gasteiger partial charge in [0.1, 0.15) is 5.75 Å². The summed E-state index contributed by atoms with van der Waals surface area (Å²) in [5.74, 6) is 0.237. The fraction of sp³-hybridized carbons (Fsp3) is 0.650. The number of carboxylic acids is 1. The van der Waals surface area contributed by atoms with Crippen LogP contribution in [0, 0.1) is 5.92 Å². The van der Waals surface area contributed by atoms with Crippen molar-refractivity contribution >= 4 is 14.3 Å². The van der Waals surface area contributed by atoms with Gasteiger partial charge in [-0.25, -0.2) is 4.79 Å². The second-order valence-corrected chi connectivity index (χ2v) is 13.4. The van der Waals surface area contributed by atoms with Gasteiger partial charge in [-0.1, -0.05) is 26.8 Å². The summed E-state index contributed by atoms with van der Waals surface area (Å²) >= 11 is 0. The Morgan fingerprint density at radius 1 is 1.20 bits per heavy atom. The van der Waals surface area contributed by atoms with Crippen molar-refractivity contribution in [3.05, 3.63) is 29.8 Å². The lowest BCUT2D eigenvalue weighted by Gasteiger charge is -2.41. The van der Waals surface area contributed by atoms with Gasteiger partial charge in [-0.05, 0) is 67.9 Å². The number of ether oxygens (including phenoxy) is 1. The lowest BCUT2D eigenvalue weighted by molar-refractivity contribution is 0.0695. The quantitative estimate of drug-likeness (QED) is 0.692. The average Bonchev–Trinajstić information content (AvgIpc) is 2.53. The average molecular weight is 365 g/mol. The molecule has 2 rings (SSSR count). The van der Waals surface area contributed by atoms with E-state index >= 15 is 0 Å². The standard InChI is InChI=1S/C20H32O4Si/c1-20(2,3)25(4,5)24-17-11-9-15(10-12-17)14-23-18-8-6-7-16(13-18)19(21)22/h6-8,13,15,17H,9-12,14H2,1-5H3,(H,21,22). The molecule has 0 radical (unpaired) electrons. The Labute approximate surface area is 152 Å². The Morgan fingerprint density at radius 2 is 1.84 bits per heavy atom. The van der Waals surface area contributed by atoms with E-state index in [0.717, 1.165) is 25.7 Å². The monoisotopic (exact) mass is 364 g/mol. The molecule has 1 aliphatic rings. The molecule has 1 fully saturated rings. The van der Waals surface area contributed by atoms with E-state index in [1.165, 1.54) is 0 Å². The molecule has 0 spiro atoms. The Kier molecular flexibility index (Phi) is 6.33. The predicted octanol–water partition coefficient (Wildman–Crippen LogP) is 5.34. The normalized spacial score (nSPS) is 21.8. The third-order valence-corrected chi connectivity index (χ3v) is 10.2. The Hall–Kier alpha value is -1.33. The van der Waals surface area contributed by atoms with Crippen LogP contribution in [0.1, 0.15) is 56.8 Å². The zero-order valence-corrected chi connectivity index (χ0v) is 17.2. The van der Waals surface area contributed by atoms with Gasteiger partial charge < -0.3 is 14.3 Å². The van der Waals surface area contributed by atoms with Gasteiger partial charge >= 0.3 is 5.97 Å². The number of benzene rings is 1. The molecule has 4 nitrogen and oxygen atoms in total. The lowest BCUT2D eigenvalue weighted by atomic mass is 9.88. The van der Waals surface area contributed by atoms with E-state index in [1.54, 1.807) is 18.2 Å². The van der Waals surface area contributed by atoms with E-state index in [0.29, 0.717) is 24.4 Å². The molecule has 5 heteroatoms. The third-order valence-electron chi connectivity index (χ3n) is 5.63. The van der Waals surface area contributed by atoms with Gasteiger partial charge in [0, 0.05) is 6.10 Å². The highest BCUT2D eigenvalue weighted by Gasteiger charge is 2.39. The first-order valence-electron chi connectivity index (χ1n) is 9.22. The molecule has 1 aliphatic carbocycles. The molecule has 0 aromatic heterocycles. The summed E-state index contributed by atoms with van der Waals surface area (Å²) in [6.07, 6.45) is 4.79. The number of hydrogen-bond donors (Lipinski definition) is 1. The van der Waals surface area contributed by atoms with Crippen molar-refractivity contribution in [2.75, 3.05) is 6.61 Å². The lowest BCUT2D eigenvalue weighted by Crippen LogP contribution is -2.44. The van der Waals surface area contributed by atoms with Gasteiger partial charge in [-0.3, -0.25) is 0 Å². The van der Waals surface area contributed by atoms with Crippen LogP contribution in [-0.4, -0.2) is 32.1 Å². The van der Waals surface area contributed by atoms with Gasteiger partial charge in [-0.2, -0.15) is 0 Å². The highest BCUT2D eigenvalue weighted by atomic mass is 28.4. The van der Waals surface area contributed by atoms with Crippen LogP contribution in [0.25, 0.3) is 0 Å². The first-order chi connectivity index (χ1) is 11.6. The first-order valence-corrected chi connectivity index (χ1v) is 12.1. The zero-order valence-electron chi connectivity index (χ0n) is 16.2. The van der Waals surface area contributed by atoms with E-state index in [1.807, 2.05) is 6.07 Å². The fourth-order valence-electron chi connectivity index (χ4n) is 2.94. The SMILES string of the molecule is CC(C)(C)[Si](C)(C)OC1CCC(COc2cccc(C(=O)O)c2)CC1. The smallest absolute Gasteiger partial charge is 0.335 e. The number of aromatic carboxylic acids is 1. The molecule has 0 amide bonds. The van der Waals surface area contributed by atoms with Gasteiger partial charge in [0.2, 0.25) is 0 Å². The summed E-state index contributed by atoms with van der Waals surface area (Å²) in [5.41, 5.74) is 0.268. The third kappa shape index (κ3) is 5.58. The van der Waals surface area contributed by atoms with Crippen molar-refractivity contribution in [1.82, 2.24) is 0 Å². The molecule has 0 atom stereocenters. The van der Waals surface area contributed by atoms with E-state index < -0.39 is 14.3 Å². The molecule has 1 aromatic rings. The number of carbonyl (C=O) groups is 1. The highest BCUT2D eigenvalue weighted by molar-refractivity contribution is 6.74. The van der Waals surface area contributed by atoms with E-state index in [2.05, 4.69) is 33.9 Å². The van der Waals surface area contributed by atoms with Crippen LogP contribution >= 0.6 is 0 Å². The summed E-state index contributed by atoms with van der Waals surface area (Å²) in [5, 5.41) is 9.29. The van der Waals surface area contributed by atoms with Crippen LogP contribution in [0.4, 0.5) is 0 Å². The minimum Gasteiger partial charge on any atom is -0.493 e. The summed E-state index contributed by atoms with van der Waals surface area (Å²) < 4.78 is 12.4. The Morgan fingerprint density at radius 3 is 2.40 bits per heavy atom. The molecule has 1 aromatic carbocycles. The first kappa shape index (κ1) is 20.0. The molecular weight excluding hydrogens is 332 g/mol. The van der Waals surface area contributed by atoms with Crippen LogP contribution in [0.15, 0.2) is 24.3 Å². The summed E-state index contributed by atoms with van der Waals surface area (Å²) in [4.78, 5) is 11.0. The van der Waals surface area contributed by atoms with Crippen LogP contribution in [0.3, 0.4) is 0 Å². The highest BCUT2D eigenvalue weighted by Crippen LogP contribution is 2.39. The molecule has 0 saturated heterocycles. The predicted molar refractivity (Wildman–Crippen MR) is 103 cm³/mol. The maximum atomic E-state index is 11.0. The van der Waals surface area contributed by atoms with Crippen molar-refractivity contribution < 1.29 is 19.1 Å². The largest absolute Gasteiger partial charge is 0.493 e. The van der Waals surface area contributed by atoms with Gasteiger partial charge in [0.25, 0.3) is 0 Å². The maximum absolute atomic E-state index is 11.0. The van der Waals surface area contributed by atoms with Crippen LogP contribution < -0.4 is 4.74 Å². The topological polar surface area (TPSA) is 55.8 Å². The van der Waals surface area contributed by atoms with Crippen LogP contribution in [-0.2, 0) is 4.43 Å². The van der Waals surface area contributed by atoms with Gasteiger partial charge in [0.15, 0.2) is 8.32 Å². The molecule has 0 heterocycles. The number of rotatable bonds is 6. The fourth-order valence-corrected chi connectivity index (χ4v) is 4.37. The summed E-state index contributed by atoms with van der Waals surface area (Å²) in [7, 11) is -1.69. The minimum atomic E-state index is -1.69. The van der Waals surface area contributed by atoms with Gasteiger partial charge in [-0.15, -0.1) is 0 Å². The molecule has 0 unspecified atom stereocenters. The Balaban J connectivity index is 1.79. The molecule has 0 aliphatic heterocycles. The van der Waals surface area contributed by atoms with Crippen molar-refractivity contribution in [1.29, 1.82) is 0 Å². The van der Waals surface area contributed by atoms with Crippen molar-refractivity contribution in [2.45, 2.75) is 70.7 Å². The Bertz CT molecular complexity index is 584. The molecule has 0 bridgehead atoms. The minimum absolute atomic E-state index is 0.252. The van der Waals surface area contributed by atoms with Crippen molar-refractivity contribution in [3.8, 4) is 5.75 Å². The molecular formula is C20H32O4Si. The van der Waals surface area contributed by atoms with Gasteiger partial charge in [0.05, 0.1) is 12.2 Å². The molecule has 1 N–H and O–H groups in total. The van der Waals surface area contributed by atoms with Crippen LogP contribution in [0.5, 0.6) is 5.75 Å². The van der Waals surface area contributed by atoms with E-state index in [9.17, 15) is 4.79 Å². The van der Waals surface area contributed by atoms with Crippen LogP contribution in [0.2, 0.25) is 18.1 Å². The molecule has 140 valence electrons. The molecule has 1 saturated carbocycles. The van der Waals surface area contributed by atoms with E-state index in [4.69, 9.17) is 14.3 Å². The van der Waals surface area contributed by atoms with E-state index in [-0.39, 0.29) is 10.6 Å². The zero-order chi connectivity index (χ0) is 18.7. The second-order valence-electron chi connectivity index (χ2n) is 8.66. The van der Waals surface area contributed by atoms with Crippen molar-refractivity contribution in [2.24, 2.45) is 5.92 Å². The second kappa shape index (κ2) is 7.91. The summed E-state index contributed by atoms with van der Waals surface area (Å²) in [6.45, 7) is 12.1. The molecule has 25 heavy (non-hydrogen) atoms. The summed E-state index contributed by atoms with van der Waals surface area (Å²) in [6, 6.07) is 6.72. The number of carboxylic acid groups (broad SMARTS) is 1.